The Bertz CT molecular complexity index is 401. The van der Waals surface area contributed by atoms with Crippen LogP contribution in [0.1, 0.15) is 31.7 Å². The van der Waals surface area contributed by atoms with Gasteiger partial charge in [0.2, 0.25) is 0 Å². The summed E-state index contributed by atoms with van der Waals surface area (Å²) in [6.45, 7) is 6.06. The van der Waals surface area contributed by atoms with Gasteiger partial charge in [0.1, 0.15) is 5.82 Å². The summed E-state index contributed by atoms with van der Waals surface area (Å²) < 4.78 is 13.8. The first kappa shape index (κ1) is 14.5. The minimum absolute atomic E-state index is 0.0421. The molecule has 0 aromatic heterocycles. The fraction of sp³-hybridized carbons (Fsp3) is 0.625. The van der Waals surface area contributed by atoms with Crippen molar-refractivity contribution in [1.29, 1.82) is 0 Å². The van der Waals surface area contributed by atoms with E-state index in [0.29, 0.717) is 13.0 Å². The molecule has 19 heavy (non-hydrogen) atoms. The van der Waals surface area contributed by atoms with Gasteiger partial charge in [0.25, 0.3) is 0 Å². The normalized spacial score (nSPS) is 20.2. The fourth-order valence-electron chi connectivity index (χ4n) is 2.95. The number of nitrogens with two attached hydrogens (primary N) is 1. The van der Waals surface area contributed by atoms with Crippen LogP contribution >= 0.6 is 0 Å². The van der Waals surface area contributed by atoms with Crippen LogP contribution in [0.2, 0.25) is 0 Å². The van der Waals surface area contributed by atoms with Crippen LogP contribution in [0.3, 0.4) is 0 Å². The highest BCUT2D eigenvalue weighted by molar-refractivity contribution is 5.19. The molecule has 1 aliphatic heterocycles. The third-order valence-electron chi connectivity index (χ3n) is 4.12. The van der Waals surface area contributed by atoms with Crippen molar-refractivity contribution in [2.45, 2.75) is 32.6 Å². The first-order valence-electron chi connectivity index (χ1n) is 7.29. The van der Waals surface area contributed by atoms with Gasteiger partial charge in [-0.25, -0.2) is 4.39 Å². The van der Waals surface area contributed by atoms with Crippen molar-refractivity contribution in [2.75, 3.05) is 26.2 Å². The third-order valence-corrected chi connectivity index (χ3v) is 4.12. The number of halogens is 1. The molecular weight excluding hydrogens is 239 g/mol. The van der Waals surface area contributed by atoms with Crippen molar-refractivity contribution >= 4 is 0 Å². The largest absolute Gasteiger partial charge is 0.330 e. The molecule has 1 aliphatic rings. The van der Waals surface area contributed by atoms with Gasteiger partial charge >= 0.3 is 0 Å². The summed E-state index contributed by atoms with van der Waals surface area (Å²) >= 11 is 0. The van der Waals surface area contributed by atoms with E-state index in [0.717, 1.165) is 25.2 Å². The van der Waals surface area contributed by atoms with Gasteiger partial charge in [0.15, 0.2) is 0 Å². The number of hydrogen-bond donors (Lipinski definition) is 1. The van der Waals surface area contributed by atoms with Gasteiger partial charge in [-0.2, -0.15) is 0 Å². The zero-order valence-corrected chi connectivity index (χ0v) is 11.9. The second-order valence-corrected chi connectivity index (χ2v) is 6.12. The predicted octanol–water partition coefficient (Wildman–Crippen LogP) is 2.82. The summed E-state index contributed by atoms with van der Waals surface area (Å²) in [4.78, 5) is 2.48. The predicted molar refractivity (Wildman–Crippen MR) is 77.6 cm³/mol. The number of likely N-dealkylation sites (tertiary alicyclic amines) is 1. The van der Waals surface area contributed by atoms with E-state index in [1.807, 2.05) is 12.1 Å². The Morgan fingerprint density at radius 1 is 1.21 bits per heavy atom. The number of rotatable bonds is 5. The lowest BCUT2D eigenvalue weighted by atomic mass is 9.82. The highest BCUT2D eigenvalue weighted by atomic mass is 19.1. The second-order valence-electron chi connectivity index (χ2n) is 6.12. The van der Waals surface area contributed by atoms with E-state index < -0.39 is 0 Å². The Morgan fingerprint density at radius 3 is 2.53 bits per heavy atom. The second kappa shape index (κ2) is 6.49. The summed E-state index contributed by atoms with van der Waals surface area (Å²) in [5.41, 5.74) is 6.72. The van der Waals surface area contributed by atoms with Gasteiger partial charge < -0.3 is 10.6 Å². The number of hydrogen-bond acceptors (Lipinski definition) is 2. The molecule has 1 aromatic rings. The van der Waals surface area contributed by atoms with Crippen molar-refractivity contribution < 1.29 is 4.39 Å². The van der Waals surface area contributed by atoms with Crippen LogP contribution in [0.15, 0.2) is 24.3 Å². The van der Waals surface area contributed by atoms with E-state index in [4.69, 9.17) is 5.73 Å². The molecule has 0 aliphatic carbocycles. The molecule has 1 aromatic carbocycles. The van der Waals surface area contributed by atoms with Crippen molar-refractivity contribution in [1.82, 2.24) is 4.90 Å². The summed E-state index contributed by atoms with van der Waals surface area (Å²) in [7, 11) is 0. The third kappa shape index (κ3) is 4.02. The Morgan fingerprint density at radius 2 is 1.89 bits per heavy atom. The van der Waals surface area contributed by atoms with Gasteiger partial charge in [0, 0.05) is 6.54 Å². The monoisotopic (exact) mass is 264 g/mol. The van der Waals surface area contributed by atoms with Crippen LogP contribution in [-0.2, 0) is 6.42 Å². The number of benzene rings is 1. The highest BCUT2D eigenvalue weighted by Gasteiger charge is 2.27. The summed E-state index contributed by atoms with van der Waals surface area (Å²) in [5, 5.41) is 0. The molecule has 1 atom stereocenters. The minimum atomic E-state index is -0.110. The summed E-state index contributed by atoms with van der Waals surface area (Å²) in [5.74, 6) is -0.110. The minimum Gasteiger partial charge on any atom is -0.330 e. The maximum absolute atomic E-state index is 13.8. The molecule has 2 rings (SSSR count). The van der Waals surface area contributed by atoms with Crippen molar-refractivity contribution in [2.24, 2.45) is 11.1 Å². The molecule has 1 fully saturated rings. The van der Waals surface area contributed by atoms with Gasteiger partial charge in [-0.15, -0.1) is 0 Å². The van der Waals surface area contributed by atoms with Crippen LogP contribution in [0.25, 0.3) is 0 Å². The SMILES string of the molecule is CC(CN)(Cc1ccccc1F)CN1CCCCC1. The molecule has 0 amide bonds. The van der Waals surface area contributed by atoms with Crippen LogP contribution in [-0.4, -0.2) is 31.1 Å². The molecular formula is C16H25FN2. The van der Waals surface area contributed by atoms with E-state index in [2.05, 4.69) is 11.8 Å². The van der Waals surface area contributed by atoms with Gasteiger partial charge in [-0.1, -0.05) is 31.5 Å². The van der Waals surface area contributed by atoms with Crippen LogP contribution < -0.4 is 5.73 Å². The van der Waals surface area contributed by atoms with Gasteiger partial charge in [-0.05, 0) is 55.9 Å². The van der Waals surface area contributed by atoms with E-state index in [1.165, 1.54) is 25.3 Å². The van der Waals surface area contributed by atoms with Gasteiger partial charge in [-0.3, -0.25) is 0 Å². The zero-order valence-electron chi connectivity index (χ0n) is 11.9. The molecule has 2 nitrogen and oxygen atoms in total. The lowest BCUT2D eigenvalue weighted by molar-refractivity contribution is 0.144. The van der Waals surface area contributed by atoms with Crippen LogP contribution in [0, 0.1) is 11.2 Å². The van der Waals surface area contributed by atoms with Crippen molar-refractivity contribution in [3.63, 3.8) is 0 Å². The molecule has 1 saturated heterocycles. The maximum atomic E-state index is 13.8. The quantitative estimate of drug-likeness (QED) is 0.886. The van der Waals surface area contributed by atoms with Gasteiger partial charge in [0.05, 0.1) is 0 Å². The molecule has 106 valence electrons. The first-order chi connectivity index (χ1) is 9.13. The summed E-state index contributed by atoms with van der Waals surface area (Å²) in [6, 6.07) is 7.05. The molecule has 3 heteroatoms. The Kier molecular flexibility index (Phi) is 4.94. The van der Waals surface area contributed by atoms with Crippen LogP contribution in [0.4, 0.5) is 4.39 Å². The Balaban J connectivity index is 2.02. The van der Waals surface area contributed by atoms with Crippen molar-refractivity contribution in [3.8, 4) is 0 Å². The van der Waals surface area contributed by atoms with E-state index in [9.17, 15) is 4.39 Å². The fourth-order valence-corrected chi connectivity index (χ4v) is 2.95. The zero-order chi connectivity index (χ0) is 13.7. The standard InChI is InChI=1S/C16H25FN2/c1-16(12-18,13-19-9-5-2-6-10-19)11-14-7-3-4-8-15(14)17/h3-4,7-8H,2,5-6,9-13,18H2,1H3. The van der Waals surface area contributed by atoms with E-state index in [1.54, 1.807) is 6.07 Å². The molecule has 0 spiro atoms. The molecule has 1 unspecified atom stereocenters. The Labute approximate surface area is 115 Å². The Hall–Kier alpha value is -0.930. The smallest absolute Gasteiger partial charge is 0.126 e. The molecule has 0 saturated carbocycles. The number of nitrogens with zero attached hydrogens (tertiary/aromatic N) is 1. The summed E-state index contributed by atoms with van der Waals surface area (Å²) in [6.07, 6.45) is 4.61. The maximum Gasteiger partial charge on any atom is 0.126 e. The lowest BCUT2D eigenvalue weighted by Crippen LogP contribution is -2.44. The molecule has 1 heterocycles. The van der Waals surface area contributed by atoms with E-state index >= 15 is 0 Å². The molecule has 2 N–H and O–H groups in total. The average molecular weight is 264 g/mol. The van der Waals surface area contributed by atoms with Crippen LogP contribution in [0.5, 0.6) is 0 Å². The highest BCUT2D eigenvalue weighted by Crippen LogP contribution is 2.25. The number of piperidine rings is 1. The molecule has 0 radical (unpaired) electrons. The van der Waals surface area contributed by atoms with Crippen molar-refractivity contribution in [3.05, 3.63) is 35.6 Å². The first-order valence-corrected chi connectivity index (χ1v) is 7.29. The van der Waals surface area contributed by atoms with E-state index in [-0.39, 0.29) is 11.2 Å². The lowest BCUT2D eigenvalue weighted by Gasteiger charge is -2.36. The molecule has 0 bridgehead atoms. The topological polar surface area (TPSA) is 29.3 Å². The average Bonchev–Trinajstić information content (AvgIpc) is 2.42.